The Kier molecular flexibility index (Phi) is 3.89. The van der Waals surface area contributed by atoms with Gasteiger partial charge in [0.05, 0.1) is 11.3 Å². The molecule has 3 fully saturated rings. The summed E-state index contributed by atoms with van der Waals surface area (Å²) in [5.41, 5.74) is -0.616. The predicted molar refractivity (Wildman–Crippen MR) is 79.0 cm³/mol. The van der Waals surface area contributed by atoms with Gasteiger partial charge in [0.15, 0.2) is 6.61 Å². The van der Waals surface area contributed by atoms with E-state index < -0.39 is 30.1 Å². The molecule has 0 aromatic carbocycles. The molecule has 2 bridgehead atoms. The van der Waals surface area contributed by atoms with Gasteiger partial charge in [-0.25, -0.2) is 4.79 Å². The molecule has 1 saturated heterocycles. The molecule has 0 radical (unpaired) electrons. The smallest absolute Gasteiger partial charge is 0.344 e. The zero-order chi connectivity index (χ0) is 16.9. The number of carbonyl (C=O) groups is 3. The van der Waals surface area contributed by atoms with Crippen LogP contribution in [0.4, 0.5) is 0 Å². The van der Waals surface area contributed by atoms with Crippen LogP contribution in [0.25, 0.3) is 0 Å². The molecule has 2 saturated carbocycles. The van der Waals surface area contributed by atoms with Gasteiger partial charge in [0.25, 0.3) is 0 Å². The first kappa shape index (κ1) is 16.3. The van der Waals surface area contributed by atoms with Crippen molar-refractivity contribution in [3.63, 3.8) is 0 Å². The molecule has 0 amide bonds. The molecule has 6 nitrogen and oxygen atoms in total. The van der Waals surface area contributed by atoms with Crippen molar-refractivity contribution in [3.8, 4) is 0 Å². The summed E-state index contributed by atoms with van der Waals surface area (Å²) in [6, 6.07) is 0. The van der Waals surface area contributed by atoms with E-state index in [1.807, 2.05) is 13.8 Å². The van der Waals surface area contributed by atoms with Crippen molar-refractivity contribution in [2.24, 2.45) is 29.1 Å². The van der Waals surface area contributed by atoms with Crippen LogP contribution in [0.2, 0.25) is 0 Å². The van der Waals surface area contributed by atoms with Gasteiger partial charge in [-0.1, -0.05) is 13.8 Å². The van der Waals surface area contributed by atoms with Crippen LogP contribution >= 0.6 is 0 Å². The van der Waals surface area contributed by atoms with E-state index in [1.165, 1.54) is 0 Å². The number of carbonyl (C=O) groups excluding carboxylic acids is 3. The topological polar surface area (TPSA) is 78.9 Å². The second-order valence-electron chi connectivity index (χ2n) is 7.62. The summed E-state index contributed by atoms with van der Waals surface area (Å²) in [5.74, 6) is -0.686. The Morgan fingerprint density at radius 1 is 1.30 bits per heavy atom. The molecule has 6 atom stereocenters. The molecule has 3 rings (SSSR count). The van der Waals surface area contributed by atoms with E-state index in [2.05, 4.69) is 0 Å². The number of hydrogen-bond acceptors (Lipinski definition) is 6. The van der Waals surface area contributed by atoms with Crippen molar-refractivity contribution < 1.29 is 28.6 Å². The highest BCUT2D eigenvalue weighted by Crippen LogP contribution is 2.58. The van der Waals surface area contributed by atoms with Crippen LogP contribution in [0.3, 0.4) is 0 Å². The first-order chi connectivity index (χ1) is 10.8. The molecule has 0 aromatic rings. The van der Waals surface area contributed by atoms with Gasteiger partial charge in [-0.05, 0) is 32.6 Å². The molecule has 0 aromatic heterocycles. The first-order valence-corrected chi connectivity index (χ1v) is 8.33. The van der Waals surface area contributed by atoms with Crippen LogP contribution in [-0.2, 0) is 28.6 Å². The summed E-state index contributed by atoms with van der Waals surface area (Å²) < 4.78 is 15.9. The Morgan fingerprint density at radius 3 is 2.65 bits per heavy atom. The molecule has 1 heterocycles. The van der Waals surface area contributed by atoms with E-state index in [0.29, 0.717) is 6.42 Å². The summed E-state index contributed by atoms with van der Waals surface area (Å²) in [5, 5.41) is 0. The van der Waals surface area contributed by atoms with E-state index in [9.17, 15) is 14.4 Å². The Hall–Kier alpha value is -1.59. The van der Waals surface area contributed by atoms with Gasteiger partial charge in [0, 0.05) is 11.8 Å². The fourth-order valence-electron chi connectivity index (χ4n) is 4.15. The number of ether oxygens (including phenoxy) is 3. The molecule has 3 aliphatic rings. The van der Waals surface area contributed by atoms with Gasteiger partial charge in [-0.3, -0.25) is 9.59 Å². The standard InChI is InChI=1S/C17H24O6/c1-5-17(3,4)16(20)21-7-11(18)22-13-9-6-10-12(8(9)2)15(19)23-14(10)13/h8-10,12-14H,5-7H2,1-4H3. The average molecular weight is 324 g/mol. The fourth-order valence-corrected chi connectivity index (χ4v) is 4.15. The lowest BCUT2D eigenvalue weighted by Gasteiger charge is -2.29. The zero-order valence-corrected chi connectivity index (χ0v) is 14.0. The fraction of sp³-hybridized carbons (Fsp3) is 0.824. The Morgan fingerprint density at radius 2 is 2.00 bits per heavy atom. The maximum Gasteiger partial charge on any atom is 0.344 e. The van der Waals surface area contributed by atoms with Gasteiger partial charge < -0.3 is 14.2 Å². The maximum absolute atomic E-state index is 12.0. The van der Waals surface area contributed by atoms with Crippen LogP contribution in [0, 0.1) is 29.1 Å². The van der Waals surface area contributed by atoms with E-state index in [-0.39, 0.29) is 35.7 Å². The van der Waals surface area contributed by atoms with Crippen LogP contribution in [0.15, 0.2) is 0 Å². The van der Waals surface area contributed by atoms with E-state index in [1.54, 1.807) is 13.8 Å². The molecule has 128 valence electrons. The third-order valence-electron chi connectivity index (χ3n) is 5.96. The minimum atomic E-state index is -0.616. The lowest BCUT2D eigenvalue weighted by atomic mass is 9.80. The summed E-state index contributed by atoms with van der Waals surface area (Å²) in [4.78, 5) is 35.8. The van der Waals surface area contributed by atoms with E-state index in [4.69, 9.17) is 14.2 Å². The van der Waals surface area contributed by atoms with Gasteiger partial charge in [-0.15, -0.1) is 0 Å². The summed E-state index contributed by atoms with van der Waals surface area (Å²) in [7, 11) is 0. The van der Waals surface area contributed by atoms with Crippen molar-refractivity contribution in [2.45, 2.75) is 52.7 Å². The molecule has 23 heavy (non-hydrogen) atoms. The molecule has 0 N–H and O–H groups in total. The lowest BCUT2D eigenvalue weighted by molar-refractivity contribution is -0.173. The van der Waals surface area contributed by atoms with Crippen LogP contribution in [-0.4, -0.2) is 36.7 Å². The molecule has 0 spiro atoms. The first-order valence-electron chi connectivity index (χ1n) is 8.33. The van der Waals surface area contributed by atoms with E-state index >= 15 is 0 Å². The maximum atomic E-state index is 12.0. The van der Waals surface area contributed by atoms with Crippen molar-refractivity contribution in [1.82, 2.24) is 0 Å². The van der Waals surface area contributed by atoms with Gasteiger partial charge in [0.2, 0.25) is 0 Å². The van der Waals surface area contributed by atoms with Crippen molar-refractivity contribution in [2.75, 3.05) is 6.61 Å². The van der Waals surface area contributed by atoms with Crippen LogP contribution in [0.5, 0.6) is 0 Å². The lowest BCUT2D eigenvalue weighted by Crippen LogP contribution is -2.40. The third kappa shape index (κ3) is 2.52. The Labute approximate surface area is 135 Å². The largest absolute Gasteiger partial charge is 0.458 e. The van der Waals surface area contributed by atoms with Crippen molar-refractivity contribution in [1.29, 1.82) is 0 Å². The van der Waals surface area contributed by atoms with Crippen LogP contribution < -0.4 is 0 Å². The van der Waals surface area contributed by atoms with Crippen molar-refractivity contribution >= 4 is 17.9 Å². The molecule has 6 unspecified atom stereocenters. The highest BCUT2D eigenvalue weighted by Gasteiger charge is 2.66. The third-order valence-corrected chi connectivity index (χ3v) is 5.96. The highest BCUT2D eigenvalue weighted by atomic mass is 16.6. The minimum absolute atomic E-state index is 0.0388. The molecule has 1 aliphatic heterocycles. The molecule has 2 aliphatic carbocycles. The monoisotopic (exact) mass is 324 g/mol. The molecular formula is C17H24O6. The quantitative estimate of drug-likeness (QED) is 0.566. The van der Waals surface area contributed by atoms with Crippen LogP contribution in [0.1, 0.15) is 40.5 Å². The number of esters is 3. The SMILES string of the molecule is CCC(C)(C)C(=O)OCC(=O)OC1C2CC3C1OC(=O)C3C2C. The number of fused-ring (bicyclic) bond motifs is 1. The Balaban J connectivity index is 1.56. The van der Waals surface area contributed by atoms with E-state index in [0.717, 1.165) is 6.42 Å². The summed E-state index contributed by atoms with van der Waals surface area (Å²) in [6.07, 6.45) is 0.774. The Bertz CT molecular complexity index is 539. The number of hydrogen-bond donors (Lipinski definition) is 0. The van der Waals surface area contributed by atoms with Gasteiger partial charge in [0.1, 0.15) is 12.2 Å². The minimum Gasteiger partial charge on any atom is -0.458 e. The number of rotatable bonds is 5. The second-order valence-corrected chi connectivity index (χ2v) is 7.62. The van der Waals surface area contributed by atoms with Gasteiger partial charge >= 0.3 is 17.9 Å². The zero-order valence-electron chi connectivity index (χ0n) is 14.0. The summed E-state index contributed by atoms with van der Waals surface area (Å²) in [6.45, 7) is 7.06. The van der Waals surface area contributed by atoms with Crippen molar-refractivity contribution in [3.05, 3.63) is 0 Å². The highest BCUT2D eigenvalue weighted by molar-refractivity contribution is 5.80. The normalized spacial score (nSPS) is 37.7. The molecule has 6 heteroatoms. The molecular weight excluding hydrogens is 300 g/mol. The predicted octanol–water partition coefficient (Wildman–Crippen LogP) is 1.71. The second kappa shape index (κ2) is 5.49. The summed E-state index contributed by atoms with van der Waals surface area (Å²) >= 11 is 0. The van der Waals surface area contributed by atoms with Gasteiger partial charge in [-0.2, -0.15) is 0 Å². The average Bonchev–Trinajstić information content (AvgIpc) is 3.09.